The van der Waals surface area contributed by atoms with Gasteiger partial charge in [0.05, 0.1) is 6.54 Å². The third kappa shape index (κ3) is 9.77. The molecule has 1 heteroatoms. The molecule has 0 unspecified atom stereocenters. The average molecular weight is 781 g/mol. The predicted molar refractivity (Wildman–Crippen MR) is 252 cm³/mol. The lowest BCUT2D eigenvalue weighted by atomic mass is 9.67. The molecule has 0 saturated heterocycles. The standard InChI is InChI=1S/C59H58N/c1-9-25-50(26-10-1)41-42-60(49-57-39-23-8-24-40-57,58(43-51-27-11-2-12-28-51,44-52-29-13-3-14-30-52)45-53-31-15-4-16-32-53)59(46-54-33-17-5-18-34-54,47-55-35-19-6-20-36-55)48-56-37-21-7-22-38-56/h1-40H,41-49H2/q+1. The van der Waals surface area contributed by atoms with Gasteiger partial charge in [0.25, 0.3) is 0 Å². The quantitative estimate of drug-likeness (QED) is 0.0717. The highest BCUT2D eigenvalue weighted by Crippen LogP contribution is 2.49. The molecule has 0 aliphatic heterocycles. The lowest BCUT2D eigenvalue weighted by Gasteiger charge is -2.64. The smallest absolute Gasteiger partial charge is 0.112 e. The Labute approximate surface area is 359 Å². The Morgan fingerprint density at radius 3 is 0.667 bits per heavy atom. The van der Waals surface area contributed by atoms with Crippen LogP contribution in [0.25, 0.3) is 0 Å². The first kappa shape index (κ1) is 40.5. The van der Waals surface area contributed by atoms with Crippen molar-refractivity contribution in [1.29, 1.82) is 0 Å². The van der Waals surface area contributed by atoms with Gasteiger partial charge in [0.2, 0.25) is 0 Å². The van der Waals surface area contributed by atoms with Crippen molar-refractivity contribution in [2.24, 2.45) is 0 Å². The van der Waals surface area contributed by atoms with Crippen molar-refractivity contribution in [3.63, 3.8) is 0 Å². The topological polar surface area (TPSA) is 0 Å². The van der Waals surface area contributed by atoms with Crippen LogP contribution in [0.4, 0.5) is 0 Å². The van der Waals surface area contributed by atoms with E-state index in [1.165, 1.54) is 44.5 Å². The lowest BCUT2D eigenvalue weighted by Crippen LogP contribution is -2.78. The Bertz CT molecular complexity index is 2080. The molecule has 0 radical (unpaired) electrons. The fourth-order valence-electron chi connectivity index (χ4n) is 10.4. The maximum atomic E-state index is 2.39. The minimum Gasteiger partial charge on any atom is -0.308 e. The lowest BCUT2D eigenvalue weighted by molar-refractivity contribution is -1.03. The van der Waals surface area contributed by atoms with Crippen LogP contribution in [0.1, 0.15) is 44.5 Å². The zero-order valence-electron chi connectivity index (χ0n) is 34.9. The number of hydrogen-bond donors (Lipinski definition) is 0. The molecule has 0 heterocycles. The van der Waals surface area contributed by atoms with Gasteiger partial charge in [0.15, 0.2) is 0 Å². The third-order valence-corrected chi connectivity index (χ3v) is 13.0. The second-order valence-electron chi connectivity index (χ2n) is 17.0. The van der Waals surface area contributed by atoms with E-state index in [1.807, 2.05) is 0 Å². The normalized spacial score (nSPS) is 11.9. The summed E-state index contributed by atoms with van der Waals surface area (Å²) in [5, 5.41) is 0. The van der Waals surface area contributed by atoms with E-state index in [0.29, 0.717) is 0 Å². The SMILES string of the molecule is c1ccc(CC[N+](Cc2ccccc2)(C(Cc2ccccc2)(Cc2ccccc2)Cc2ccccc2)C(Cc2ccccc2)(Cc2ccccc2)Cc2ccccc2)cc1. The first-order chi connectivity index (χ1) is 29.6. The Balaban J connectivity index is 1.53. The highest BCUT2D eigenvalue weighted by atomic mass is 15.5. The summed E-state index contributed by atoms with van der Waals surface area (Å²) in [6.07, 6.45) is 6.45. The molecular weight excluding hydrogens is 723 g/mol. The highest BCUT2D eigenvalue weighted by molar-refractivity contribution is 5.31. The van der Waals surface area contributed by atoms with Crippen LogP contribution in [0, 0.1) is 0 Å². The second kappa shape index (κ2) is 19.6. The van der Waals surface area contributed by atoms with Crippen LogP contribution in [0.5, 0.6) is 0 Å². The number of quaternary nitrogens is 1. The highest BCUT2D eigenvalue weighted by Gasteiger charge is 2.61. The molecule has 0 aliphatic rings. The number of rotatable bonds is 19. The third-order valence-electron chi connectivity index (χ3n) is 13.0. The molecule has 8 aromatic rings. The molecule has 0 aromatic heterocycles. The minimum atomic E-state index is -0.326. The summed E-state index contributed by atoms with van der Waals surface area (Å²) in [6.45, 7) is 1.84. The van der Waals surface area contributed by atoms with Crippen molar-refractivity contribution >= 4 is 0 Å². The molecule has 8 rings (SSSR count). The van der Waals surface area contributed by atoms with Gasteiger partial charge in [-0.05, 0) is 38.9 Å². The van der Waals surface area contributed by atoms with Gasteiger partial charge in [0, 0.05) is 50.5 Å². The van der Waals surface area contributed by atoms with Crippen LogP contribution < -0.4 is 0 Å². The zero-order chi connectivity index (χ0) is 40.8. The molecule has 0 fully saturated rings. The van der Waals surface area contributed by atoms with E-state index in [1.54, 1.807) is 0 Å². The largest absolute Gasteiger partial charge is 0.308 e. The van der Waals surface area contributed by atoms with Gasteiger partial charge >= 0.3 is 0 Å². The van der Waals surface area contributed by atoms with Crippen molar-refractivity contribution in [2.45, 2.75) is 62.6 Å². The first-order valence-corrected chi connectivity index (χ1v) is 21.8. The van der Waals surface area contributed by atoms with E-state index in [-0.39, 0.29) is 11.1 Å². The molecule has 0 N–H and O–H groups in total. The van der Waals surface area contributed by atoms with Crippen molar-refractivity contribution in [2.75, 3.05) is 6.54 Å². The van der Waals surface area contributed by atoms with Crippen molar-refractivity contribution in [3.05, 3.63) is 287 Å². The monoisotopic (exact) mass is 780 g/mol. The molecule has 0 bridgehead atoms. The van der Waals surface area contributed by atoms with E-state index in [9.17, 15) is 0 Å². The van der Waals surface area contributed by atoms with Crippen LogP contribution in [-0.4, -0.2) is 22.1 Å². The summed E-state index contributed by atoms with van der Waals surface area (Å²) < 4.78 is 0.871. The van der Waals surface area contributed by atoms with Crippen molar-refractivity contribution in [3.8, 4) is 0 Å². The van der Waals surface area contributed by atoms with Crippen LogP contribution >= 0.6 is 0 Å². The number of benzene rings is 8. The van der Waals surface area contributed by atoms with Gasteiger partial charge in [0.1, 0.15) is 17.6 Å². The van der Waals surface area contributed by atoms with E-state index >= 15 is 0 Å². The Hall–Kier alpha value is -6.28. The molecule has 298 valence electrons. The molecule has 0 atom stereocenters. The molecule has 0 spiro atoms. The predicted octanol–water partition coefficient (Wildman–Crippen LogP) is 13.2. The zero-order valence-corrected chi connectivity index (χ0v) is 34.9. The Morgan fingerprint density at radius 2 is 0.433 bits per heavy atom. The molecule has 8 aromatic carbocycles. The summed E-state index contributed by atoms with van der Waals surface area (Å²) in [7, 11) is 0. The summed E-state index contributed by atoms with van der Waals surface area (Å²) in [4.78, 5) is 0. The fourth-order valence-corrected chi connectivity index (χ4v) is 10.4. The maximum Gasteiger partial charge on any atom is 0.112 e. The molecule has 0 saturated carbocycles. The summed E-state index contributed by atoms with van der Waals surface area (Å²) in [5.74, 6) is 0. The fraction of sp³-hybridized carbons (Fsp3) is 0.186. The van der Waals surface area contributed by atoms with E-state index in [0.717, 1.165) is 62.5 Å². The van der Waals surface area contributed by atoms with Gasteiger partial charge < -0.3 is 4.48 Å². The number of nitrogens with zero attached hydrogens (tertiary/aromatic N) is 1. The molecule has 60 heavy (non-hydrogen) atoms. The van der Waals surface area contributed by atoms with Gasteiger partial charge in [-0.1, -0.05) is 243 Å². The van der Waals surface area contributed by atoms with Crippen LogP contribution in [0.15, 0.2) is 243 Å². The van der Waals surface area contributed by atoms with Crippen LogP contribution in [0.2, 0.25) is 0 Å². The van der Waals surface area contributed by atoms with E-state index in [4.69, 9.17) is 0 Å². The van der Waals surface area contributed by atoms with Gasteiger partial charge in [-0.2, -0.15) is 0 Å². The summed E-state index contributed by atoms with van der Waals surface area (Å²) >= 11 is 0. The van der Waals surface area contributed by atoms with E-state index < -0.39 is 0 Å². The summed E-state index contributed by atoms with van der Waals surface area (Å²) in [6, 6.07) is 91.3. The Kier molecular flexibility index (Phi) is 13.3. The maximum absolute atomic E-state index is 2.39. The minimum absolute atomic E-state index is 0.326. The number of hydrogen-bond acceptors (Lipinski definition) is 0. The van der Waals surface area contributed by atoms with E-state index in [2.05, 4.69) is 243 Å². The van der Waals surface area contributed by atoms with Crippen LogP contribution in [-0.2, 0) is 51.5 Å². The second-order valence-corrected chi connectivity index (χ2v) is 17.0. The van der Waals surface area contributed by atoms with Gasteiger partial charge in [-0.3, -0.25) is 0 Å². The first-order valence-electron chi connectivity index (χ1n) is 21.8. The molecule has 0 amide bonds. The summed E-state index contributed by atoms with van der Waals surface area (Å²) in [5.41, 5.74) is 10.4. The molecule has 0 aliphatic carbocycles. The van der Waals surface area contributed by atoms with Crippen molar-refractivity contribution < 1.29 is 4.48 Å². The van der Waals surface area contributed by atoms with Gasteiger partial charge in [-0.25, -0.2) is 0 Å². The molecular formula is C59H58N+. The average Bonchev–Trinajstić information content (AvgIpc) is 3.30. The van der Waals surface area contributed by atoms with Gasteiger partial charge in [-0.15, -0.1) is 0 Å². The van der Waals surface area contributed by atoms with Crippen LogP contribution in [0.3, 0.4) is 0 Å². The van der Waals surface area contributed by atoms with Crippen molar-refractivity contribution in [1.82, 2.24) is 0 Å². The molecule has 1 nitrogen and oxygen atoms in total. The Morgan fingerprint density at radius 1 is 0.233 bits per heavy atom.